The molecule has 14 nitrogen and oxygen atoms in total. The average Bonchev–Trinajstić information content (AvgIpc) is 3.50. The molecule has 4 N–H and O–H groups in total. The third-order valence-electron chi connectivity index (χ3n) is 7.45. The second kappa shape index (κ2) is 14.0. The van der Waals surface area contributed by atoms with Crippen LogP contribution in [0.15, 0.2) is 97.3 Å². The van der Waals surface area contributed by atoms with Crippen molar-refractivity contribution in [2.45, 2.75) is 13.5 Å². The van der Waals surface area contributed by atoms with Gasteiger partial charge in [0.2, 0.25) is 5.95 Å². The van der Waals surface area contributed by atoms with Gasteiger partial charge in [0.25, 0.3) is 5.12 Å². The first-order chi connectivity index (χ1) is 24.0. The van der Waals surface area contributed by atoms with E-state index in [1.807, 2.05) is 6.07 Å². The number of hydrogen-bond acceptors (Lipinski definition) is 12. The number of nitrogens with zero attached hydrogens (tertiary/aromatic N) is 4. The summed E-state index contributed by atoms with van der Waals surface area (Å²) in [6, 6.07) is 22.1. The van der Waals surface area contributed by atoms with Crippen LogP contribution in [-0.2, 0) is 21.4 Å². The summed E-state index contributed by atoms with van der Waals surface area (Å²) in [4.78, 5) is 39.9. The predicted molar refractivity (Wildman–Crippen MR) is 181 cm³/mol. The van der Waals surface area contributed by atoms with Crippen LogP contribution in [0.25, 0.3) is 10.9 Å². The lowest BCUT2D eigenvalue weighted by atomic mass is 10.1. The Labute approximate surface area is 284 Å². The number of anilines is 4. The lowest BCUT2D eigenvalue weighted by Crippen LogP contribution is -2.33. The number of carbonyl (C=O) groups excluding carboxylic acids is 2. The van der Waals surface area contributed by atoms with Crippen molar-refractivity contribution in [2.75, 3.05) is 17.7 Å². The van der Waals surface area contributed by atoms with E-state index in [-0.39, 0.29) is 35.2 Å². The molecule has 0 aliphatic heterocycles. The fraction of sp³-hybridized carbons (Fsp3) is 0.0882. The Bertz CT molecular complexity index is 2370. The van der Waals surface area contributed by atoms with Crippen LogP contribution in [0.4, 0.5) is 27.5 Å². The Morgan fingerprint density at radius 3 is 2.52 bits per heavy atom. The molecule has 0 atom stereocenters. The van der Waals surface area contributed by atoms with Crippen LogP contribution in [0.5, 0.6) is 11.5 Å². The van der Waals surface area contributed by atoms with Gasteiger partial charge in [-0.05, 0) is 65.9 Å². The summed E-state index contributed by atoms with van der Waals surface area (Å²) in [6.45, 7) is 1.80. The van der Waals surface area contributed by atoms with Crippen LogP contribution < -0.4 is 20.3 Å². The molecular formula is C34H28FN7O7S. The topological polar surface area (TPSA) is 187 Å². The van der Waals surface area contributed by atoms with Crippen molar-refractivity contribution in [1.29, 1.82) is 0 Å². The molecule has 2 heterocycles. The van der Waals surface area contributed by atoms with E-state index >= 15 is 0 Å². The van der Waals surface area contributed by atoms with Gasteiger partial charge in [-0.3, -0.25) is 9.48 Å². The van der Waals surface area contributed by atoms with Crippen molar-refractivity contribution in [2.24, 2.45) is 0 Å². The smallest absolute Gasteiger partial charge is 0.357 e. The highest BCUT2D eigenvalue weighted by Gasteiger charge is 2.27. The SMILES string of the molecule is COc1cc(C(=O)ONS(=O)(=O)C(=O)c2ccccc2C)ccc1Cn1ncc2ccc(Nc3ncc(F)c(Nc4cccc(O)c4)n3)cc21. The maximum absolute atomic E-state index is 14.5. The molecule has 0 unspecified atom stereocenters. The molecule has 0 amide bonds. The van der Waals surface area contributed by atoms with Gasteiger partial charge in [0.05, 0.1) is 37.1 Å². The number of fused-ring (bicyclic) bond motifs is 1. The number of aromatic nitrogens is 4. The standard InChI is InChI=1S/C34H28FN7O7S/c1-20-6-3-4-9-27(20)33(45)50(46,47)41-49-32(44)21-10-11-23(30(14-21)48-2)19-42-29-16-25(13-12-22(29)17-37-42)39-34-36-18-28(35)31(40-34)38-24-7-5-8-26(43)15-24/h3-18,41,43H,19H2,1-2H3,(H2,36,38,39,40). The molecule has 2 aromatic heterocycles. The molecule has 0 saturated carbocycles. The minimum atomic E-state index is -4.68. The van der Waals surface area contributed by atoms with Crippen molar-refractivity contribution >= 4 is 55.2 Å². The van der Waals surface area contributed by atoms with Crippen molar-refractivity contribution in [3.05, 3.63) is 125 Å². The lowest BCUT2D eigenvalue weighted by Gasteiger charge is -2.12. The minimum absolute atomic E-state index is 0.0117. The number of aromatic hydroxyl groups is 1. The largest absolute Gasteiger partial charge is 0.508 e. The van der Waals surface area contributed by atoms with Crippen molar-refractivity contribution in [3.63, 3.8) is 0 Å². The van der Waals surface area contributed by atoms with Gasteiger partial charge >= 0.3 is 16.0 Å². The highest BCUT2D eigenvalue weighted by molar-refractivity contribution is 8.04. The molecule has 254 valence electrons. The van der Waals surface area contributed by atoms with Gasteiger partial charge in [-0.15, -0.1) is 0 Å². The van der Waals surface area contributed by atoms with Crippen molar-refractivity contribution in [1.82, 2.24) is 24.6 Å². The number of hydrogen-bond donors (Lipinski definition) is 4. The van der Waals surface area contributed by atoms with E-state index in [1.54, 1.807) is 65.2 Å². The second-order valence-electron chi connectivity index (χ2n) is 10.9. The van der Waals surface area contributed by atoms with Gasteiger partial charge in [0, 0.05) is 34.0 Å². The Balaban J connectivity index is 1.16. The monoisotopic (exact) mass is 697 g/mol. The van der Waals surface area contributed by atoms with Crippen LogP contribution in [0, 0.1) is 12.7 Å². The number of ether oxygens (including phenoxy) is 1. The fourth-order valence-electron chi connectivity index (χ4n) is 4.94. The number of methoxy groups -OCH3 is 1. The fourth-order valence-corrected chi connectivity index (χ4v) is 5.72. The number of benzene rings is 4. The van der Waals surface area contributed by atoms with Crippen LogP contribution in [-0.4, -0.2) is 51.5 Å². The van der Waals surface area contributed by atoms with Crippen LogP contribution in [0.3, 0.4) is 0 Å². The lowest BCUT2D eigenvalue weighted by molar-refractivity contribution is 0.0407. The summed E-state index contributed by atoms with van der Waals surface area (Å²) >= 11 is 0. The number of halogens is 1. The molecule has 0 bridgehead atoms. The molecule has 6 aromatic rings. The summed E-state index contributed by atoms with van der Waals surface area (Å²) in [5.41, 5.74) is 2.73. The van der Waals surface area contributed by atoms with Gasteiger partial charge in [-0.2, -0.15) is 10.1 Å². The van der Waals surface area contributed by atoms with Crippen LogP contribution >= 0.6 is 0 Å². The zero-order chi connectivity index (χ0) is 35.4. The van der Waals surface area contributed by atoms with Gasteiger partial charge in [-0.1, -0.05) is 30.3 Å². The van der Waals surface area contributed by atoms with Crippen LogP contribution in [0.2, 0.25) is 0 Å². The van der Waals surface area contributed by atoms with E-state index in [1.165, 1.54) is 43.5 Å². The minimum Gasteiger partial charge on any atom is -0.508 e. The molecule has 0 saturated heterocycles. The van der Waals surface area contributed by atoms with Crippen molar-refractivity contribution in [3.8, 4) is 11.5 Å². The first-order valence-corrected chi connectivity index (χ1v) is 16.3. The second-order valence-corrected chi connectivity index (χ2v) is 12.4. The number of aryl methyl sites for hydroxylation is 1. The van der Waals surface area contributed by atoms with E-state index in [9.17, 15) is 27.5 Å². The molecule has 0 radical (unpaired) electrons. The molecule has 0 aliphatic carbocycles. The number of nitrogens with one attached hydrogen (secondary N) is 3. The van der Waals surface area contributed by atoms with Gasteiger partial charge in [-0.25, -0.2) is 22.6 Å². The summed E-state index contributed by atoms with van der Waals surface area (Å²) < 4.78 is 46.7. The number of sulfonamides is 1. The summed E-state index contributed by atoms with van der Waals surface area (Å²) in [7, 11) is -3.27. The van der Waals surface area contributed by atoms with E-state index < -0.39 is 26.9 Å². The quantitative estimate of drug-likeness (QED) is 0.127. The number of carbonyl (C=O) groups is 2. The van der Waals surface area contributed by atoms with E-state index in [0.717, 1.165) is 11.6 Å². The Kier molecular flexibility index (Phi) is 9.38. The normalized spacial score (nSPS) is 11.3. The third-order valence-corrected chi connectivity index (χ3v) is 8.46. The first kappa shape index (κ1) is 33.5. The Morgan fingerprint density at radius 1 is 0.940 bits per heavy atom. The number of phenols is 1. The third kappa shape index (κ3) is 7.35. The molecule has 16 heteroatoms. The van der Waals surface area contributed by atoms with Gasteiger partial charge < -0.3 is 25.3 Å². The van der Waals surface area contributed by atoms with E-state index in [2.05, 4.69) is 25.7 Å². The first-order valence-electron chi connectivity index (χ1n) is 14.8. The molecule has 4 aromatic carbocycles. The average molecular weight is 698 g/mol. The zero-order valence-corrected chi connectivity index (χ0v) is 27.2. The summed E-state index contributed by atoms with van der Waals surface area (Å²) in [5, 5.41) is 19.6. The Morgan fingerprint density at radius 2 is 1.74 bits per heavy atom. The predicted octanol–water partition coefficient (Wildman–Crippen LogP) is 5.36. The number of rotatable bonds is 11. The maximum atomic E-state index is 14.5. The van der Waals surface area contributed by atoms with E-state index in [4.69, 9.17) is 9.57 Å². The maximum Gasteiger partial charge on any atom is 0.357 e. The molecule has 0 fully saturated rings. The number of phenolic OH excluding ortho intramolecular Hbond substituents is 1. The van der Waals surface area contributed by atoms with Gasteiger partial charge in [0.15, 0.2) is 11.6 Å². The van der Waals surface area contributed by atoms with E-state index in [0.29, 0.717) is 33.8 Å². The molecular weight excluding hydrogens is 669 g/mol. The highest BCUT2D eigenvalue weighted by Crippen LogP contribution is 2.27. The molecule has 50 heavy (non-hydrogen) atoms. The summed E-state index contributed by atoms with van der Waals surface area (Å²) in [5.74, 6) is -1.41. The Hall–Kier alpha value is -6.39. The molecule has 6 rings (SSSR count). The summed E-state index contributed by atoms with van der Waals surface area (Å²) in [6.07, 6.45) is 2.70. The van der Waals surface area contributed by atoms with Crippen LogP contribution in [0.1, 0.15) is 31.8 Å². The zero-order valence-electron chi connectivity index (χ0n) is 26.4. The molecule has 0 aliphatic rings. The van der Waals surface area contributed by atoms with Crippen molar-refractivity contribution < 1.29 is 37.1 Å². The van der Waals surface area contributed by atoms with Gasteiger partial charge in [0.1, 0.15) is 11.5 Å². The molecule has 0 spiro atoms. The highest BCUT2D eigenvalue weighted by atomic mass is 32.2.